The topological polar surface area (TPSA) is 50.3 Å². The summed E-state index contributed by atoms with van der Waals surface area (Å²) in [5.41, 5.74) is -0.0230. The van der Waals surface area contributed by atoms with Crippen LogP contribution in [0.5, 0.6) is 0 Å². The van der Waals surface area contributed by atoms with Gasteiger partial charge in [-0.1, -0.05) is 0 Å². The van der Waals surface area contributed by atoms with Gasteiger partial charge in [-0.05, 0) is 13.8 Å². The fourth-order valence-electron chi connectivity index (χ4n) is 2.04. The van der Waals surface area contributed by atoms with Crippen LogP contribution in [-0.2, 0) is 4.74 Å². The third-order valence-electron chi connectivity index (χ3n) is 2.80. The molecule has 1 fully saturated rings. The molecule has 0 radical (unpaired) electrons. The lowest BCUT2D eigenvalue weighted by atomic mass is 10.1. The molecule has 5 nitrogen and oxygen atoms in total. The molecule has 0 spiro atoms. The maximum Gasteiger partial charge on any atom is 0.144 e. The van der Waals surface area contributed by atoms with Crippen LogP contribution in [0.15, 0.2) is 18.6 Å². The van der Waals surface area contributed by atoms with Crippen molar-refractivity contribution in [1.29, 1.82) is 0 Å². The Morgan fingerprint density at radius 1 is 1.47 bits per heavy atom. The highest BCUT2D eigenvalue weighted by Gasteiger charge is 2.26. The molecule has 1 saturated heterocycles. The van der Waals surface area contributed by atoms with Gasteiger partial charge in [0.1, 0.15) is 5.82 Å². The first-order valence-electron chi connectivity index (χ1n) is 6.02. The van der Waals surface area contributed by atoms with Gasteiger partial charge in [0.05, 0.1) is 18.4 Å². The predicted molar refractivity (Wildman–Crippen MR) is 67.0 cm³/mol. The van der Waals surface area contributed by atoms with E-state index in [1.807, 2.05) is 0 Å². The number of rotatable bonds is 4. The van der Waals surface area contributed by atoms with Gasteiger partial charge in [0, 0.05) is 38.6 Å². The molecule has 0 aliphatic carbocycles. The smallest absolute Gasteiger partial charge is 0.144 e. The normalized spacial score (nSPS) is 20.1. The summed E-state index contributed by atoms with van der Waals surface area (Å²) >= 11 is 0. The Labute approximate surface area is 102 Å². The number of hydrogen-bond donors (Lipinski definition) is 1. The van der Waals surface area contributed by atoms with Crippen LogP contribution in [0, 0.1) is 0 Å². The van der Waals surface area contributed by atoms with E-state index in [4.69, 9.17) is 4.74 Å². The van der Waals surface area contributed by atoms with E-state index >= 15 is 0 Å². The molecule has 1 aliphatic rings. The SMILES string of the molecule is CC1(C)CN(CCNc2cnccn2)CCO1. The first-order valence-corrected chi connectivity index (χ1v) is 6.02. The third kappa shape index (κ3) is 3.94. The molecule has 0 unspecified atom stereocenters. The Balaban J connectivity index is 1.72. The molecule has 0 bridgehead atoms. The summed E-state index contributed by atoms with van der Waals surface area (Å²) in [5, 5.41) is 3.26. The van der Waals surface area contributed by atoms with Crippen molar-refractivity contribution in [2.24, 2.45) is 0 Å². The number of hydrogen-bond acceptors (Lipinski definition) is 5. The number of nitrogens with zero attached hydrogens (tertiary/aromatic N) is 3. The molecule has 1 aromatic rings. The molecule has 0 atom stereocenters. The lowest BCUT2D eigenvalue weighted by molar-refractivity contribution is -0.0848. The van der Waals surface area contributed by atoms with E-state index in [1.54, 1.807) is 18.6 Å². The highest BCUT2D eigenvalue weighted by atomic mass is 16.5. The predicted octanol–water partition coefficient (Wildman–Crippen LogP) is 0.999. The second-order valence-electron chi connectivity index (χ2n) is 4.90. The van der Waals surface area contributed by atoms with Crippen molar-refractivity contribution in [3.8, 4) is 0 Å². The lowest BCUT2D eigenvalue weighted by Crippen LogP contribution is -2.49. The van der Waals surface area contributed by atoms with Crippen molar-refractivity contribution in [3.05, 3.63) is 18.6 Å². The van der Waals surface area contributed by atoms with E-state index in [-0.39, 0.29) is 5.60 Å². The third-order valence-corrected chi connectivity index (χ3v) is 2.80. The van der Waals surface area contributed by atoms with E-state index in [2.05, 4.69) is 34.0 Å². The molecule has 1 aliphatic heterocycles. The largest absolute Gasteiger partial charge is 0.373 e. The van der Waals surface area contributed by atoms with Gasteiger partial charge in [-0.15, -0.1) is 0 Å². The molecular weight excluding hydrogens is 216 g/mol. The summed E-state index contributed by atoms with van der Waals surface area (Å²) in [6.45, 7) is 8.96. The second kappa shape index (κ2) is 5.42. The minimum absolute atomic E-state index is 0.0230. The Morgan fingerprint density at radius 2 is 2.35 bits per heavy atom. The van der Waals surface area contributed by atoms with E-state index in [1.165, 1.54) is 0 Å². The van der Waals surface area contributed by atoms with Crippen molar-refractivity contribution < 1.29 is 4.74 Å². The molecular formula is C12H20N4O. The van der Waals surface area contributed by atoms with Gasteiger partial charge in [0.25, 0.3) is 0 Å². The second-order valence-corrected chi connectivity index (χ2v) is 4.90. The number of aromatic nitrogens is 2. The van der Waals surface area contributed by atoms with Crippen LogP contribution in [0.4, 0.5) is 5.82 Å². The van der Waals surface area contributed by atoms with Crippen LogP contribution in [0.25, 0.3) is 0 Å². The molecule has 17 heavy (non-hydrogen) atoms. The maximum atomic E-state index is 5.68. The number of anilines is 1. The van der Waals surface area contributed by atoms with Crippen molar-refractivity contribution in [1.82, 2.24) is 14.9 Å². The van der Waals surface area contributed by atoms with Crippen molar-refractivity contribution in [3.63, 3.8) is 0 Å². The van der Waals surface area contributed by atoms with Gasteiger partial charge in [0.15, 0.2) is 0 Å². The van der Waals surface area contributed by atoms with Crippen molar-refractivity contribution in [2.45, 2.75) is 19.4 Å². The average molecular weight is 236 g/mol. The number of nitrogens with one attached hydrogen (secondary N) is 1. The van der Waals surface area contributed by atoms with Crippen molar-refractivity contribution in [2.75, 3.05) is 38.1 Å². The molecule has 2 heterocycles. The van der Waals surface area contributed by atoms with Gasteiger partial charge in [-0.3, -0.25) is 9.88 Å². The Hall–Kier alpha value is -1.20. The van der Waals surface area contributed by atoms with Crippen LogP contribution in [0.3, 0.4) is 0 Å². The van der Waals surface area contributed by atoms with Gasteiger partial charge in [0.2, 0.25) is 0 Å². The van der Waals surface area contributed by atoms with Gasteiger partial charge in [-0.25, -0.2) is 4.98 Å². The van der Waals surface area contributed by atoms with E-state index in [0.29, 0.717) is 0 Å². The molecule has 2 rings (SSSR count). The first-order chi connectivity index (χ1) is 8.16. The Bertz CT molecular complexity index is 342. The van der Waals surface area contributed by atoms with Crippen LogP contribution in [-0.4, -0.2) is 53.3 Å². The zero-order valence-corrected chi connectivity index (χ0v) is 10.5. The summed E-state index contributed by atoms with van der Waals surface area (Å²) in [5.74, 6) is 0.833. The van der Waals surface area contributed by atoms with Crippen LogP contribution in [0.2, 0.25) is 0 Å². The van der Waals surface area contributed by atoms with Crippen LogP contribution < -0.4 is 5.32 Å². The fraction of sp³-hybridized carbons (Fsp3) is 0.667. The van der Waals surface area contributed by atoms with E-state index in [9.17, 15) is 0 Å². The highest BCUT2D eigenvalue weighted by Crippen LogP contribution is 2.15. The lowest BCUT2D eigenvalue weighted by Gasteiger charge is -2.38. The van der Waals surface area contributed by atoms with E-state index < -0.39 is 0 Å². The minimum Gasteiger partial charge on any atom is -0.373 e. The number of ether oxygens (including phenoxy) is 1. The monoisotopic (exact) mass is 236 g/mol. The van der Waals surface area contributed by atoms with Gasteiger partial charge >= 0.3 is 0 Å². The molecule has 5 heteroatoms. The average Bonchev–Trinajstić information content (AvgIpc) is 2.29. The highest BCUT2D eigenvalue weighted by molar-refractivity contribution is 5.29. The molecule has 0 saturated carbocycles. The standard InChI is InChI=1S/C12H20N4O/c1-12(2)10-16(7-8-17-12)6-5-15-11-9-13-3-4-14-11/h3-4,9H,5-8,10H2,1-2H3,(H,14,15). The number of morpholine rings is 1. The summed E-state index contributed by atoms with van der Waals surface area (Å²) in [6.07, 6.45) is 5.11. The zero-order valence-electron chi connectivity index (χ0n) is 10.5. The van der Waals surface area contributed by atoms with Crippen molar-refractivity contribution >= 4 is 5.82 Å². The molecule has 0 amide bonds. The molecule has 1 aromatic heterocycles. The molecule has 1 N–H and O–H groups in total. The maximum absolute atomic E-state index is 5.68. The summed E-state index contributed by atoms with van der Waals surface area (Å²) in [4.78, 5) is 10.6. The Kier molecular flexibility index (Phi) is 3.91. The molecule has 0 aromatic carbocycles. The summed E-state index contributed by atoms with van der Waals surface area (Å²) in [7, 11) is 0. The summed E-state index contributed by atoms with van der Waals surface area (Å²) in [6, 6.07) is 0. The van der Waals surface area contributed by atoms with Gasteiger partial charge in [-0.2, -0.15) is 0 Å². The first kappa shape index (κ1) is 12.3. The zero-order chi connectivity index (χ0) is 12.1. The van der Waals surface area contributed by atoms with Crippen LogP contribution >= 0.6 is 0 Å². The fourth-order valence-corrected chi connectivity index (χ4v) is 2.04. The minimum atomic E-state index is -0.0230. The van der Waals surface area contributed by atoms with E-state index in [0.717, 1.165) is 38.6 Å². The summed E-state index contributed by atoms with van der Waals surface area (Å²) < 4.78 is 5.68. The van der Waals surface area contributed by atoms with Gasteiger partial charge < -0.3 is 10.1 Å². The Morgan fingerprint density at radius 3 is 3.06 bits per heavy atom. The van der Waals surface area contributed by atoms with Crippen LogP contribution in [0.1, 0.15) is 13.8 Å². The molecule has 94 valence electrons. The quantitative estimate of drug-likeness (QED) is 0.845.